The minimum absolute atomic E-state index is 0.908. The summed E-state index contributed by atoms with van der Waals surface area (Å²) < 4.78 is 0. The maximum absolute atomic E-state index is 3.90. The molecule has 0 aliphatic rings. The Morgan fingerprint density at radius 2 is 1.92 bits per heavy atom. The van der Waals surface area contributed by atoms with Crippen molar-refractivity contribution in [3.05, 3.63) is 59.5 Å². The minimum atomic E-state index is 0.908. The molecule has 0 aromatic heterocycles. The third kappa shape index (κ3) is 1.96. The van der Waals surface area contributed by atoms with Gasteiger partial charge in [-0.15, -0.1) is 0 Å². The number of allylic oxidation sites excluding steroid dienone is 2. The van der Waals surface area contributed by atoms with E-state index in [9.17, 15) is 0 Å². The Hall–Kier alpha value is -1.56. The van der Waals surface area contributed by atoms with E-state index in [1.54, 1.807) is 6.08 Å². The Bertz CT molecular complexity index is 396. The highest BCUT2D eigenvalue weighted by Gasteiger charge is 1.81. The molecule has 0 heterocycles. The molecule has 0 N–H and O–H groups in total. The van der Waals surface area contributed by atoms with Crippen LogP contribution in [0, 0.1) is 0 Å². The lowest BCUT2D eigenvalue weighted by molar-refractivity contribution is 1.53. The Kier molecular flexibility index (Phi) is 2.65. The van der Waals surface area contributed by atoms with Crippen LogP contribution in [0.25, 0.3) is 12.7 Å². The summed E-state index contributed by atoms with van der Waals surface area (Å²) in [6.07, 6.45) is 3.70. The van der Waals surface area contributed by atoms with Crippen LogP contribution in [0.3, 0.4) is 0 Å². The van der Waals surface area contributed by atoms with E-state index in [0.29, 0.717) is 0 Å². The standard InChI is InChI=1S/C12H12/c1-4-10(2)9-12-8-6-5-7-11(12)3/h4-9H,1-3H2/b12-9+. The Balaban J connectivity index is 3.28. The lowest BCUT2D eigenvalue weighted by Gasteiger charge is -1.89. The van der Waals surface area contributed by atoms with Gasteiger partial charge < -0.3 is 0 Å². The van der Waals surface area contributed by atoms with Gasteiger partial charge in [-0.05, 0) is 22.1 Å². The molecule has 0 saturated carbocycles. The van der Waals surface area contributed by atoms with Gasteiger partial charge in [0, 0.05) is 0 Å². The molecule has 0 aliphatic carbocycles. The molecule has 0 fully saturated rings. The van der Waals surface area contributed by atoms with Crippen LogP contribution in [0.4, 0.5) is 0 Å². The van der Waals surface area contributed by atoms with Crippen LogP contribution in [-0.4, -0.2) is 0 Å². The van der Waals surface area contributed by atoms with Crippen LogP contribution in [0.2, 0.25) is 0 Å². The number of rotatable bonds is 2. The highest BCUT2D eigenvalue weighted by Crippen LogP contribution is 1.89. The number of hydrogen-bond donors (Lipinski definition) is 0. The summed E-state index contributed by atoms with van der Waals surface area (Å²) in [5, 5.41) is 2.11. The summed E-state index contributed by atoms with van der Waals surface area (Å²) in [5.74, 6) is 0. The maximum Gasteiger partial charge on any atom is -0.0184 e. The van der Waals surface area contributed by atoms with Gasteiger partial charge in [-0.2, -0.15) is 0 Å². The van der Waals surface area contributed by atoms with Crippen molar-refractivity contribution in [1.29, 1.82) is 0 Å². The molecule has 0 atom stereocenters. The second-order valence-electron chi connectivity index (χ2n) is 2.62. The van der Waals surface area contributed by atoms with Crippen molar-refractivity contribution < 1.29 is 0 Å². The van der Waals surface area contributed by atoms with Gasteiger partial charge in [0.15, 0.2) is 0 Å². The van der Waals surface area contributed by atoms with Crippen LogP contribution in [0.1, 0.15) is 0 Å². The zero-order chi connectivity index (χ0) is 8.97. The monoisotopic (exact) mass is 156 g/mol. The van der Waals surface area contributed by atoms with Crippen LogP contribution in [0.5, 0.6) is 0 Å². The average molecular weight is 156 g/mol. The normalized spacial score (nSPS) is 11.2. The van der Waals surface area contributed by atoms with Gasteiger partial charge in [-0.25, -0.2) is 0 Å². The fraction of sp³-hybridized carbons (Fsp3) is 0. The molecule has 60 valence electrons. The molecule has 0 heteroatoms. The third-order valence-corrected chi connectivity index (χ3v) is 1.66. The summed E-state index contributed by atoms with van der Waals surface area (Å²) in [6, 6.07) is 7.94. The van der Waals surface area contributed by atoms with E-state index in [0.717, 1.165) is 16.0 Å². The zero-order valence-corrected chi connectivity index (χ0v) is 7.09. The third-order valence-electron chi connectivity index (χ3n) is 1.66. The van der Waals surface area contributed by atoms with Gasteiger partial charge in [0.05, 0.1) is 0 Å². The molecule has 0 nitrogen and oxygen atoms in total. The molecule has 0 aliphatic heterocycles. The van der Waals surface area contributed by atoms with Crippen molar-refractivity contribution in [2.75, 3.05) is 0 Å². The van der Waals surface area contributed by atoms with Gasteiger partial charge in [-0.1, -0.05) is 50.1 Å². The summed E-state index contributed by atoms with van der Waals surface area (Å²) in [6.45, 7) is 11.3. The van der Waals surface area contributed by atoms with Crippen molar-refractivity contribution in [2.24, 2.45) is 0 Å². The first-order valence-electron chi connectivity index (χ1n) is 3.81. The van der Waals surface area contributed by atoms with Gasteiger partial charge in [0.2, 0.25) is 0 Å². The molecule has 0 unspecified atom stereocenters. The first kappa shape index (κ1) is 8.54. The Morgan fingerprint density at radius 3 is 2.50 bits per heavy atom. The van der Waals surface area contributed by atoms with Gasteiger partial charge >= 0.3 is 0 Å². The van der Waals surface area contributed by atoms with Crippen LogP contribution < -0.4 is 10.4 Å². The maximum atomic E-state index is 3.90. The molecule has 12 heavy (non-hydrogen) atoms. The van der Waals surface area contributed by atoms with Crippen molar-refractivity contribution in [1.82, 2.24) is 0 Å². The second-order valence-corrected chi connectivity index (χ2v) is 2.62. The molecular weight excluding hydrogens is 144 g/mol. The summed E-state index contributed by atoms with van der Waals surface area (Å²) in [4.78, 5) is 0. The van der Waals surface area contributed by atoms with E-state index in [-0.39, 0.29) is 0 Å². The van der Waals surface area contributed by atoms with Crippen LogP contribution in [0.15, 0.2) is 49.1 Å². The van der Waals surface area contributed by atoms with Gasteiger partial charge in [-0.3, -0.25) is 0 Å². The van der Waals surface area contributed by atoms with Crippen molar-refractivity contribution in [3.8, 4) is 0 Å². The van der Waals surface area contributed by atoms with Gasteiger partial charge in [0.25, 0.3) is 0 Å². The van der Waals surface area contributed by atoms with E-state index in [1.165, 1.54) is 0 Å². The predicted octanol–water partition coefficient (Wildman–Crippen LogP) is 1.62. The summed E-state index contributed by atoms with van der Waals surface area (Å²) in [7, 11) is 0. The smallest absolute Gasteiger partial charge is 0.0184 e. The Labute approximate surface area is 72.9 Å². The average Bonchev–Trinajstić information content (AvgIpc) is 2.09. The molecular formula is C12H12. The van der Waals surface area contributed by atoms with E-state index in [1.807, 2.05) is 30.3 Å². The highest BCUT2D eigenvalue weighted by atomic mass is 13.9. The van der Waals surface area contributed by atoms with Crippen molar-refractivity contribution >= 4 is 12.7 Å². The van der Waals surface area contributed by atoms with E-state index < -0.39 is 0 Å². The molecule has 0 saturated heterocycles. The fourth-order valence-electron chi connectivity index (χ4n) is 0.934. The Morgan fingerprint density at radius 1 is 1.25 bits per heavy atom. The lowest BCUT2D eigenvalue weighted by Crippen LogP contribution is -2.21. The SMILES string of the molecule is C=CC(=C)/C=c1\ccccc1=C. The quantitative estimate of drug-likeness (QED) is 0.571. The van der Waals surface area contributed by atoms with Gasteiger partial charge in [0.1, 0.15) is 0 Å². The molecule has 1 rings (SSSR count). The van der Waals surface area contributed by atoms with Crippen LogP contribution in [-0.2, 0) is 0 Å². The number of hydrogen-bond acceptors (Lipinski definition) is 0. The lowest BCUT2D eigenvalue weighted by atomic mass is 10.2. The molecule has 0 bridgehead atoms. The first-order chi connectivity index (χ1) is 5.74. The van der Waals surface area contributed by atoms with E-state index >= 15 is 0 Å². The molecule has 0 radical (unpaired) electrons. The highest BCUT2D eigenvalue weighted by molar-refractivity contribution is 5.50. The molecule has 1 aromatic carbocycles. The summed E-state index contributed by atoms with van der Waals surface area (Å²) >= 11 is 0. The minimum Gasteiger partial charge on any atom is -0.0985 e. The molecule has 0 amide bonds. The topological polar surface area (TPSA) is 0 Å². The number of benzene rings is 1. The second kappa shape index (κ2) is 3.72. The van der Waals surface area contributed by atoms with E-state index in [4.69, 9.17) is 0 Å². The largest absolute Gasteiger partial charge is 0.0985 e. The fourth-order valence-corrected chi connectivity index (χ4v) is 0.934. The van der Waals surface area contributed by atoms with Crippen LogP contribution >= 0.6 is 0 Å². The van der Waals surface area contributed by atoms with E-state index in [2.05, 4.69) is 19.7 Å². The molecule has 0 spiro atoms. The van der Waals surface area contributed by atoms with Crippen molar-refractivity contribution in [2.45, 2.75) is 0 Å². The predicted molar refractivity (Wildman–Crippen MR) is 55.0 cm³/mol. The molecule has 1 aromatic rings. The zero-order valence-electron chi connectivity index (χ0n) is 7.09. The summed E-state index contributed by atoms with van der Waals surface area (Å²) in [5.41, 5.74) is 0.908. The van der Waals surface area contributed by atoms with Crippen molar-refractivity contribution in [3.63, 3.8) is 0 Å². The first-order valence-corrected chi connectivity index (χ1v) is 3.81.